The van der Waals surface area contributed by atoms with Gasteiger partial charge < -0.3 is 20.6 Å². The Kier molecular flexibility index (Phi) is 6.84. The van der Waals surface area contributed by atoms with Crippen LogP contribution in [0, 0.1) is 23.2 Å². The van der Waals surface area contributed by atoms with Crippen molar-refractivity contribution in [1.29, 1.82) is 5.26 Å². The van der Waals surface area contributed by atoms with Crippen molar-refractivity contribution in [2.24, 2.45) is 11.8 Å². The average molecular weight is 475 g/mol. The van der Waals surface area contributed by atoms with Crippen LogP contribution in [-0.2, 0) is 14.4 Å². The van der Waals surface area contributed by atoms with E-state index in [1.807, 2.05) is 6.07 Å². The monoisotopic (exact) mass is 474 g/mol. The maximum Gasteiger partial charge on any atom is 0.256 e. The number of nitriles is 1. The zero-order valence-corrected chi connectivity index (χ0v) is 18.6. The third-order valence-electron chi connectivity index (χ3n) is 7.20. The Bertz CT molecular complexity index is 983. The predicted molar refractivity (Wildman–Crippen MR) is 116 cm³/mol. The lowest BCUT2D eigenvalue weighted by Crippen LogP contribution is -2.69. The Morgan fingerprint density at radius 1 is 1.26 bits per heavy atom. The Balaban J connectivity index is 1.56. The number of nitrogens with one attached hydrogen (secondary N) is 2. The van der Waals surface area contributed by atoms with Gasteiger partial charge in [-0.1, -0.05) is 30.3 Å². The summed E-state index contributed by atoms with van der Waals surface area (Å²) in [7, 11) is 0. The van der Waals surface area contributed by atoms with Gasteiger partial charge in [-0.2, -0.15) is 5.26 Å². The molecule has 3 saturated heterocycles. The summed E-state index contributed by atoms with van der Waals surface area (Å²) in [5, 5.41) is 25.5. The second kappa shape index (κ2) is 9.66. The van der Waals surface area contributed by atoms with Gasteiger partial charge in [0.25, 0.3) is 11.8 Å². The molecule has 0 aromatic heterocycles. The van der Waals surface area contributed by atoms with E-state index in [1.54, 1.807) is 30.3 Å². The Morgan fingerprint density at radius 2 is 2.00 bits per heavy atom. The molecule has 1 saturated carbocycles. The van der Waals surface area contributed by atoms with Crippen molar-refractivity contribution in [3.05, 3.63) is 35.9 Å². The summed E-state index contributed by atoms with van der Waals surface area (Å²) >= 11 is 0. The predicted octanol–water partition coefficient (Wildman–Crippen LogP) is 1.66. The van der Waals surface area contributed by atoms with Crippen molar-refractivity contribution >= 4 is 17.7 Å². The highest BCUT2D eigenvalue weighted by atomic mass is 19.3. The van der Waals surface area contributed by atoms with Crippen LogP contribution in [0.2, 0.25) is 0 Å². The van der Waals surface area contributed by atoms with E-state index in [1.165, 1.54) is 0 Å². The Morgan fingerprint density at radius 3 is 2.65 bits per heavy atom. The van der Waals surface area contributed by atoms with E-state index >= 15 is 0 Å². The number of fused-ring (bicyclic) bond motifs is 3. The number of alkyl halides is 2. The van der Waals surface area contributed by atoms with Crippen molar-refractivity contribution in [2.45, 2.75) is 68.7 Å². The Labute approximate surface area is 196 Å². The minimum Gasteiger partial charge on any atom is -0.378 e. The van der Waals surface area contributed by atoms with Crippen LogP contribution in [0.5, 0.6) is 0 Å². The molecule has 2 bridgehead atoms. The fourth-order valence-corrected chi connectivity index (χ4v) is 5.49. The first kappa shape index (κ1) is 24.1. The summed E-state index contributed by atoms with van der Waals surface area (Å²) in [5.74, 6) is -6.89. The van der Waals surface area contributed by atoms with Gasteiger partial charge in [0.2, 0.25) is 11.8 Å². The van der Waals surface area contributed by atoms with E-state index in [2.05, 4.69) is 10.6 Å². The van der Waals surface area contributed by atoms with Gasteiger partial charge in [-0.05, 0) is 37.7 Å². The number of carbonyl (C=O) groups excluding carboxylic acids is 3. The Hall–Kier alpha value is -3.06. The number of amides is 3. The topological polar surface area (TPSA) is 123 Å². The SMILES string of the molecule is N#C[C@@H](C[C@@H]1CCCNC1=O)NC(=O)[C@@H]1[C@H]2CC[C@H](CC2(F)F)N1C(=O)[C@H](O)c1ccccc1. The molecule has 3 aliphatic heterocycles. The van der Waals surface area contributed by atoms with Crippen LogP contribution < -0.4 is 10.6 Å². The number of halogens is 2. The minimum absolute atomic E-state index is 0.0587. The highest BCUT2D eigenvalue weighted by Gasteiger charge is 2.61. The largest absolute Gasteiger partial charge is 0.378 e. The smallest absolute Gasteiger partial charge is 0.256 e. The number of carbonyl (C=O) groups is 3. The molecule has 182 valence electrons. The lowest BCUT2D eigenvalue weighted by Gasteiger charge is -2.54. The third kappa shape index (κ3) is 4.62. The van der Waals surface area contributed by atoms with Crippen LogP contribution in [0.4, 0.5) is 8.78 Å². The summed E-state index contributed by atoms with van der Waals surface area (Å²) in [4.78, 5) is 39.7. The van der Waals surface area contributed by atoms with Crippen LogP contribution in [0.3, 0.4) is 0 Å². The number of hydrogen-bond acceptors (Lipinski definition) is 5. The highest BCUT2D eigenvalue weighted by molar-refractivity contribution is 5.91. The van der Waals surface area contributed by atoms with Gasteiger partial charge >= 0.3 is 0 Å². The maximum atomic E-state index is 14.8. The second-order valence-electron chi connectivity index (χ2n) is 9.36. The molecule has 0 spiro atoms. The van der Waals surface area contributed by atoms with E-state index in [0.717, 1.165) is 11.3 Å². The third-order valence-corrected chi connectivity index (χ3v) is 7.20. The molecule has 1 aromatic rings. The molecule has 3 N–H and O–H groups in total. The van der Waals surface area contributed by atoms with Gasteiger partial charge in [0.1, 0.15) is 12.1 Å². The number of benzene rings is 1. The number of aliphatic hydroxyl groups excluding tert-OH is 1. The molecule has 0 unspecified atom stereocenters. The summed E-state index contributed by atoms with van der Waals surface area (Å²) in [6.45, 7) is 0.556. The molecule has 3 amide bonds. The van der Waals surface area contributed by atoms with E-state index in [4.69, 9.17) is 0 Å². The number of piperidine rings is 3. The summed E-state index contributed by atoms with van der Waals surface area (Å²) in [6.07, 6.45) is -0.419. The van der Waals surface area contributed by atoms with Crippen molar-refractivity contribution in [3.8, 4) is 6.07 Å². The molecular weight excluding hydrogens is 446 g/mol. The van der Waals surface area contributed by atoms with E-state index in [-0.39, 0.29) is 18.7 Å². The highest BCUT2D eigenvalue weighted by Crippen LogP contribution is 2.49. The van der Waals surface area contributed by atoms with Gasteiger partial charge in [0.05, 0.1) is 12.0 Å². The lowest BCUT2D eigenvalue weighted by atomic mass is 9.71. The first-order valence-corrected chi connectivity index (χ1v) is 11.6. The molecule has 4 fully saturated rings. The number of nitrogens with zero attached hydrogens (tertiary/aromatic N) is 2. The van der Waals surface area contributed by atoms with Gasteiger partial charge in [-0.25, -0.2) is 8.78 Å². The second-order valence-corrected chi connectivity index (χ2v) is 9.36. The fourth-order valence-electron chi connectivity index (χ4n) is 5.49. The van der Waals surface area contributed by atoms with E-state index < -0.39 is 60.2 Å². The number of aliphatic hydroxyl groups is 1. The van der Waals surface area contributed by atoms with E-state index in [0.29, 0.717) is 24.9 Å². The molecule has 8 nitrogen and oxygen atoms in total. The number of hydrogen-bond donors (Lipinski definition) is 3. The number of rotatable bonds is 6. The lowest BCUT2D eigenvalue weighted by molar-refractivity contribution is -0.198. The van der Waals surface area contributed by atoms with Crippen LogP contribution in [-0.4, -0.2) is 58.3 Å². The summed E-state index contributed by atoms with van der Waals surface area (Å²) < 4.78 is 29.6. The molecule has 6 atom stereocenters. The standard InChI is InChI=1S/C24H28F2N4O4/c25-24(26)12-17-8-9-18(24)19(30(17)23(34)20(31)14-5-2-1-3-6-14)22(33)29-16(13-27)11-15-7-4-10-28-21(15)32/h1-3,5-6,15-20,31H,4,7-12H2,(H,28,32)(H,29,33)/t15-,16+,17+,18+,19-,20+/m0/s1. The van der Waals surface area contributed by atoms with Gasteiger partial charge in [0.15, 0.2) is 6.10 Å². The molecule has 1 aromatic carbocycles. The molecule has 5 rings (SSSR count). The van der Waals surface area contributed by atoms with Gasteiger partial charge in [-0.15, -0.1) is 0 Å². The van der Waals surface area contributed by atoms with Crippen molar-refractivity contribution in [3.63, 3.8) is 0 Å². The first-order valence-electron chi connectivity index (χ1n) is 11.6. The quantitative estimate of drug-likeness (QED) is 0.579. The van der Waals surface area contributed by atoms with Gasteiger partial charge in [0, 0.05) is 24.9 Å². The molecule has 3 heterocycles. The normalized spacial score (nSPS) is 29.5. The molecule has 10 heteroatoms. The fraction of sp³-hybridized carbons (Fsp3) is 0.583. The minimum atomic E-state index is -3.15. The molecule has 0 radical (unpaired) electrons. The molecule has 1 aliphatic carbocycles. The zero-order valence-electron chi connectivity index (χ0n) is 18.6. The van der Waals surface area contributed by atoms with Crippen LogP contribution in [0.1, 0.15) is 50.2 Å². The van der Waals surface area contributed by atoms with Crippen LogP contribution in [0.15, 0.2) is 30.3 Å². The average Bonchev–Trinajstić information content (AvgIpc) is 2.83. The molecule has 4 aliphatic rings. The van der Waals surface area contributed by atoms with Crippen molar-refractivity contribution in [2.75, 3.05) is 6.54 Å². The first-order chi connectivity index (χ1) is 16.2. The molecule has 34 heavy (non-hydrogen) atoms. The van der Waals surface area contributed by atoms with Crippen LogP contribution >= 0.6 is 0 Å². The van der Waals surface area contributed by atoms with Crippen molar-refractivity contribution in [1.82, 2.24) is 15.5 Å². The van der Waals surface area contributed by atoms with Crippen LogP contribution in [0.25, 0.3) is 0 Å². The zero-order chi connectivity index (χ0) is 24.5. The summed E-state index contributed by atoms with van der Waals surface area (Å²) in [6, 6.07) is 6.58. The summed E-state index contributed by atoms with van der Waals surface area (Å²) in [5.41, 5.74) is 0.304. The molecular formula is C24H28F2N4O4. The maximum absolute atomic E-state index is 14.8. The van der Waals surface area contributed by atoms with Crippen molar-refractivity contribution < 1.29 is 28.3 Å². The van der Waals surface area contributed by atoms with E-state index in [9.17, 15) is 33.5 Å². The van der Waals surface area contributed by atoms with Gasteiger partial charge in [-0.3, -0.25) is 14.4 Å².